The quantitative estimate of drug-likeness (QED) is 0.824. The van der Waals surface area contributed by atoms with Crippen LogP contribution in [0.1, 0.15) is 45.1 Å². The summed E-state index contributed by atoms with van der Waals surface area (Å²) in [5.41, 5.74) is 0.451. The van der Waals surface area contributed by atoms with Gasteiger partial charge in [0.2, 0.25) is 5.91 Å². The molecule has 0 radical (unpaired) electrons. The van der Waals surface area contributed by atoms with E-state index in [0.717, 1.165) is 25.7 Å². The zero-order valence-corrected chi connectivity index (χ0v) is 16.2. The van der Waals surface area contributed by atoms with Gasteiger partial charge in [-0.05, 0) is 43.4 Å². The minimum atomic E-state index is -3.66. The summed E-state index contributed by atoms with van der Waals surface area (Å²) in [7, 11) is -3.66. The summed E-state index contributed by atoms with van der Waals surface area (Å²) in [6, 6.07) is 4.73. The third kappa shape index (κ3) is 4.87. The Balaban J connectivity index is 2.06. The molecule has 0 saturated heterocycles. The molecule has 1 N–H and O–H groups in total. The second-order valence-corrected chi connectivity index (χ2v) is 9.73. The average molecular weight is 392 g/mol. The summed E-state index contributed by atoms with van der Waals surface area (Å²) in [6.07, 6.45) is 4.20. The zero-order valence-electron chi connectivity index (χ0n) is 13.9. The van der Waals surface area contributed by atoms with Crippen LogP contribution in [0, 0.1) is 5.92 Å². The van der Waals surface area contributed by atoms with Crippen LogP contribution >= 0.6 is 23.2 Å². The summed E-state index contributed by atoms with van der Waals surface area (Å²) in [6.45, 7) is 3.53. The summed E-state index contributed by atoms with van der Waals surface area (Å²) in [5, 5.41) is 2.53. The molecule has 0 aliphatic heterocycles. The first-order chi connectivity index (χ1) is 11.2. The Morgan fingerprint density at radius 1 is 1.29 bits per heavy atom. The van der Waals surface area contributed by atoms with Crippen LogP contribution in [0.4, 0.5) is 0 Å². The molecule has 0 heterocycles. The van der Waals surface area contributed by atoms with Crippen molar-refractivity contribution in [2.45, 2.75) is 56.6 Å². The number of carbonyl (C=O) groups excluding carboxylic acids is 1. The number of halogens is 2. The molecular formula is C17H23Cl2NO3S. The first-order valence-corrected chi connectivity index (χ1v) is 10.6. The van der Waals surface area contributed by atoms with E-state index in [-0.39, 0.29) is 11.8 Å². The molecule has 3 unspecified atom stereocenters. The predicted octanol–water partition coefficient (Wildman–Crippen LogP) is 3.99. The molecule has 7 heteroatoms. The number of hydrogen-bond acceptors (Lipinski definition) is 3. The standard InChI is InChI=1S/C17H23Cl2NO3S/c1-11-5-3-4-6-16(11)20-17(21)12(2)24(22,23)10-13-7-8-14(18)9-15(13)19/h7-9,11-12,16H,3-6,10H2,1-2H3,(H,20,21). The number of nitrogens with one attached hydrogen (secondary N) is 1. The lowest BCUT2D eigenvalue weighted by molar-refractivity contribution is -0.121. The van der Waals surface area contributed by atoms with Crippen molar-refractivity contribution in [2.75, 3.05) is 0 Å². The Morgan fingerprint density at radius 3 is 2.58 bits per heavy atom. The number of hydrogen-bond donors (Lipinski definition) is 1. The fourth-order valence-electron chi connectivity index (χ4n) is 2.97. The van der Waals surface area contributed by atoms with Crippen molar-refractivity contribution in [3.63, 3.8) is 0 Å². The topological polar surface area (TPSA) is 63.2 Å². The largest absolute Gasteiger partial charge is 0.352 e. The highest BCUT2D eigenvalue weighted by Crippen LogP contribution is 2.26. The van der Waals surface area contributed by atoms with Crippen LogP contribution in [-0.4, -0.2) is 25.6 Å². The molecule has 134 valence electrons. The smallest absolute Gasteiger partial charge is 0.238 e. The van der Waals surface area contributed by atoms with E-state index >= 15 is 0 Å². The van der Waals surface area contributed by atoms with Crippen LogP contribution in [0.2, 0.25) is 10.0 Å². The maximum Gasteiger partial charge on any atom is 0.238 e. The number of rotatable bonds is 5. The van der Waals surface area contributed by atoms with Gasteiger partial charge in [-0.1, -0.05) is 49.0 Å². The van der Waals surface area contributed by atoms with Crippen molar-refractivity contribution in [2.24, 2.45) is 5.92 Å². The second-order valence-electron chi connectivity index (χ2n) is 6.56. The van der Waals surface area contributed by atoms with Crippen LogP contribution in [0.15, 0.2) is 18.2 Å². The number of amides is 1. The molecular weight excluding hydrogens is 369 g/mol. The molecule has 1 fully saturated rings. The molecule has 4 nitrogen and oxygen atoms in total. The van der Waals surface area contributed by atoms with Gasteiger partial charge in [-0.2, -0.15) is 0 Å². The van der Waals surface area contributed by atoms with E-state index in [1.54, 1.807) is 12.1 Å². The highest BCUT2D eigenvalue weighted by atomic mass is 35.5. The number of carbonyl (C=O) groups is 1. The maximum atomic E-state index is 12.5. The second kappa shape index (κ2) is 8.07. The van der Waals surface area contributed by atoms with E-state index in [9.17, 15) is 13.2 Å². The van der Waals surface area contributed by atoms with Gasteiger partial charge >= 0.3 is 0 Å². The van der Waals surface area contributed by atoms with Gasteiger partial charge < -0.3 is 5.32 Å². The first-order valence-electron chi connectivity index (χ1n) is 8.16. The molecule has 0 bridgehead atoms. The summed E-state index contributed by atoms with van der Waals surface area (Å²) in [5.74, 6) is -0.334. The molecule has 1 aliphatic carbocycles. The van der Waals surface area contributed by atoms with Crippen molar-refractivity contribution in [3.05, 3.63) is 33.8 Å². The van der Waals surface area contributed by atoms with Gasteiger partial charge in [0.25, 0.3) is 0 Å². The minimum absolute atomic E-state index is 0.0584. The Labute approximate surface area is 153 Å². The van der Waals surface area contributed by atoms with E-state index in [2.05, 4.69) is 12.2 Å². The molecule has 1 amide bonds. The number of benzene rings is 1. The molecule has 24 heavy (non-hydrogen) atoms. The summed E-state index contributed by atoms with van der Waals surface area (Å²) < 4.78 is 25.1. The van der Waals surface area contributed by atoms with Crippen LogP contribution < -0.4 is 5.32 Å². The van der Waals surface area contributed by atoms with E-state index in [0.29, 0.717) is 21.5 Å². The lowest BCUT2D eigenvalue weighted by Crippen LogP contribution is -2.47. The van der Waals surface area contributed by atoms with Crippen molar-refractivity contribution in [3.8, 4) is 0 Å². The van der Waals surface area contributed by atoms with Gasteiger partial charge in [0.15, 0.2) is 9.84 Å². The van der Waals surface area contributed by atoms with Crippen LogP contribution in [0.25, 0.3) is 0 Å². The molecule has 1 aliphatic rings. The number of sulfone groups is 1. The van der Waals surface area contributed by atoms with Gasteiger partial charge in [0.05, 0.1) is 5.75 Å². The van der Waals surface area contributed by atoms with Crippen molar-refractivity contribution in [1.29, 1.82) is 0 Å². The van der Waals surface area contributed by atoms with E-state index in [4.69, 9.17) is 23.2 Å². The normalized spacial score (nSPS) is 22.8. The van der Waals surface area contributed by atoms with Crippen LogP contribution in [0.5, 0.6) is 0 Å². The third-order valence-corrected chi connectivity index (χ3v) is 7.31. The molecule has 1 aromatic carbocycles. The average Bonchev–Trinajstić information content (AvgIpc) is 2.51. The lowest BCUT2D eigenvalue weighted by Gasteiger charge is -2.30. The van der Waals surface area contributed by atoms with E-state index < -0.39 is 21.0 Å². The fraction of sp³-hybridized carbons (Fsp3) is 0.588. The Bertz CT molecular complexity index is 706. The summed E-state index contributed by atoms with van der Waals surface area (Å²) in [4.78, 5) is 12.4. The van der Waals surface area contributed by atoms with Crippen molar-refractivity contribution in [1.82, 2.24) is 5.32 Å². The van der Waals surface area contributed by atoms with Crippen LogP contribution in [0.3, 0.4) is 0 Å². The molecule has 1 saturated carbocycles. The van der Waals surface area contributed by atoms with Crippen molar-refractivity contribution >= 4 is 38.9 Å². The Morgan fingerprint density at radius 2 is 1.96 bits per heavy atom. The van der Waals surface area contributed by atoms with Crippen LogP contribution in [-0.2, 0) is 20.4 Å². The van der Waals surface area contributed by atoms with E-state index in [1.165, 1.54) is 13.0 Å². The van der Waals surface area contributed by atoms with Gasteiger partial charge in [-0.25, -0.2) is 8.42 Å². The minimum Gasteiger partial charge on any atom is -0.352 e. The first kappa shape index (κ1) is 19.5. The van der Waals surface area contributed by atoms with E-state index in [1.807, 2.05) is 0 Å². The fourth-order valence-corrected chi connectivity index (χ4v) is 4.86. The Hall–Kier alpha value is -0.780. The SMILES string of the molecule is CC1CCCCC1NC(=O)C(C)S(=O)(=O)Cc1ccc(Cl)cc1Cl. The van der Waals surface area contributed by atoms with Gasteiger partial charge in [-0.15, -0.1) is 0 Å². The Kier molecular flexibility index (Phi) is 6.57. The molecule has 2 rings (SSSR count). The molecule has 1 aromatic rings. The molecule has 0 spiro atoms. The zero-order chi connectivity index (χ0) is 17.9. The van der Waals surface area contributed by atoms with Crippen molar-refractivity contribution < 1.29 is 13.2 Å². The van der Waals surface area contributed by atoms with Gasteiger partial charge in [0.1, 0.15) is 5.25 Å². The molecule has 0 aromatic heterocycles. The lowest BCUT2D eigenvalue weighted by atomic mass is 9.86. The summed E-state index contributed by atoms with van der Waals surface area (Å²) >= 11 is 11.9. The third-order valence-electron chi connectivity index (χ3n) is 4.72. The molecule has 3 atom stereocenters. The monoisotopic (exact) mass is 391 g/mol. The van der Waals surface area contributed by atoms with Gasteiger partial charge in [-0.3, -0.25) is 4.79 Å². The maximum absolute atomic E-state index is 12.5. The predicted molar refractivity (Wildman–Crippen MR) is 98.1 cm³/mol. The van der Waals surface area contributed by atoms with Gasteiger partial charge in [0, 0.05) is 16.1 Å². The highest BCUT2D eigenvalue weighted by molar-refractivity contribution is 7.92. The highest BCUT2D eigenvalue weighted by Gasteiger charge is 2.32.